The summed E-state index contributed by atoms with van der Waals surface area (Å²) in [5.41, 5.74) is -2.56. The number of rotatable bonds is 6. The summed E-state index contributed by atoms with van der Waals surface area (Å²) in [5.74, 6) is -5.33. The van der Waals surface area contributed by atoms with E-state index in [-0.39, 0.29) is 23.5 Å². The molecule has 0 aliphatic heterocycles. The lowest BCUT2D eigenvalue weighted by molar-refractivity contribution is -0.125. The molecule has 2 heterocycles. The molecule has 0 saturated heterocycles. The van der Waals surface area contributed by atoms with Gasteiger partial charge in [0.05, 0.1) is 23.4 Å². The van der Waals surface area contributed by atoms with E-state index in [0.29, 0.717) is 10.6 Å². The number of hydrogen-bond acceptors (Lipinski definition) is 4. The number of halogens is 4. The lowest BCUT2D eigenvalue weighted by atomic mass is 10.1. The van der Waals surface area contributed by atoms with E-state index in [0.717, 1.165) is 31.2 Å². The molecule has 7 nitrogen and oxygen atoms in total. The second kappa shape index (κ2) is 8.21. The number of nitrogens with one attached hydrogen (secondary N) is 2. The van der Waals surface area contributed by atoms with Crippen LogP contribution in [0.4, 0.5) is 17.6 Å². The summed E-state index contributed by atoms with van der Waals surface area (Å²) in [6.07, 6.45) is 2.44. The van der Waals surface area contributed by atoms with Crippen LogP contribution in [0.15, 0.2) is 34.0 Å². The molecule has 1 fully saturated rings. The molecule has 3 aromatic rings. The SMILES string of the molecule is C[C@H](NC(=O)[C@@H](CC1CC1)n1c(=O)[nH]c2ccc(F)c(F)c2c1=O)c1ncc(F)cc1F. The monoisotopic (exact) mass is 450 g/mol. The standard InChI is InChI=1S/C21H18F4N4O3/c1-9(18-13(24)7-11(22)8-26-18)27-19(30)15(6-10-2-3-10)29-20(31)16-14(28-21(29)32)5-4-12(23)17(16)25/h4-5,7-10,15H,2-3,6H2,1H3,(H,27,30)(H,28,32)/t9-,15+/m0/s1. The summed E-state index contributed by atoms with van der Waals surface area (Å²) in [5, 5.41) is 1.79. The van der Waals surface area contributed by atoms with Gasteiger partial charge >= 0.3 is 5.69 Å². The van der Waals surface area contributed by atoms with Gasteiger partial charge in [0.15, 0.2) is 11.6 Å². The molecule has 0 spiro atoms. The predicted octanol–water partition coefficient (Wildman–Crippen LogP) is 2.86. The van der Waals surface area contributed by atoms with Crippen LogP contribution in [-0.2, 0) is 4.79 Å². The van der Waals surface area contributed by atoms with Crippen LogP contribution in [0.3, 0.4) is 0 Å². The average molecular weight is 450 g/mol. The Hall–Kier alpha value is -3.50. The second-order valence-corrected chi connectivity index (χ2v) is 7.83. The normalized spacial score (nSPS) is 15.5. The van der Waals surface area contributed by atoms with Crippen LogP contribution in [0.5, 0.6) is 0 Å². The average Bonchev–Trinajstić information content (AvgIpc) is 3.53. The minimum atomic E-state index is -1.44. The second-order valence-electron chi connectivity index (χ2n) is 7.83. The number of fused-ring (bicyclic) bond motifs is 1. The molecule has 2 atom stereocenters. The molecule has 1 saturated carbocycles. The highest BCUT2D eigenvalue weighted by molar-refractivity contribution is 5.82. The zero-order chi connectivity index (χ0) is 23.2. The number of pyridine rings is 1. The van der Waals surface area contributed by atoms with E-state index in [1.165, 1.54) is 6.92 Å². The number of amides is 1. The minimum Gasteiger partial charge on any atom is -0.346 e. The molecule has 0 unspecified atom stereocenters. The lowest BCUT2D eigenvalue weighted by Gasteiger charge is -2.22. The van der Waals surface area contributed by atoms with Crippen LogP contribution in [0.1, 0.15) is 44.0 Å². The molecule has 4 rings (SSSR count). The van der Waals surface area contributed by atoms with Gasteiger partial charge in [-0.15, -0.1) is 0 Å². The molecular formula is C21H18F4N4O3. The van der Waals surface area contributed by atoms with Crippen molar-refractivity contribution < 1.29 is 22.4 Å². The summed E-state index contributed by atoms with van der Waals surface area (Å²) in [4.78, 5) is 44.6. The highest BCUT2D eigenvalue weighted by Crippen LogP contribution is 2.36. The highest BCUT2D eigenvalue weighted by atomic mass is 19.2. The van der Waals surface area contributed by atoms with E-state index in [4.69, 9.17) is 0 Å². The molecule has 0 bridgehead atoms. The summed E-state index contributed by atoms with van der Waals surface area (Å²) in [6, 6.07) is 0.0771. The Morgan fingerprint density at radius 3 is 2.59 bits per heavy atom. The first kappa shape index (κ1) is 21.7. The zero-order valence-corrected chi connectivity index (χ0v) is 16.8. The fraction of sp³-hybridized carbons (Fsp3) is 0.333. The molecule has 11 heteroatoms. The van der Waals surface area contributed by atoms with E-state index in [1.807, 2.05) is 0 Å². The first-order chi connectivity index (χ1) is 15.2. The van der Waals surface area contributed by atoms with Crippen molar-refractivity contribution >= 4 is 16.8 Å². The van der Waals surface area contributed by atoms with Crippen LogP contribution < -0.4 is 16.6 Å². The number of carbonyl (C=O) groups is 1. The predicted molar refractivity (Wildman–Crippen MR) is 106 cm³/mol. The van der Waals surface area contributed by atoms with Crippen molar-refractivity contribution in [3.8, 4) is 0 Å². The van der Waals surface area contributed by atoms with Gasteiger partial charge in [-0.1, -0.05) is 12.8 Å². The Kier molecular flexibility index (Phi) is 5.57. The number of carbonyl (C=O) groups excluding carboxylic acids is 1. The van der Waals surface area contributed by atoms with Gasteiger partial charge in [-0.3, -0.25) is 14.6 Å². The third-order valence-corrected chi connectivity index (χ3v) is 5.46. The van der Waals surface area contributed by atoms with Crippen molar-refractivity contribution in [2.45, 2.75) is 38.3 Å². The lowest BCUT2D eigenvalue weighted by Crippen LogP contribution is -2.45. The topological polar surface area (TPSA) is 96.9 Å². The summed E-state index contributed by atoms with van der Waals surface area (Å²) in [6.45, 7) is 1.40. The third-order valence-electron chi connectivity index (χ3n) is 5.46. The van der Waals surface area contributed by atoms with Crippen molar-refractivity contribution in [1.29, 1.82) is 0 Å². The Labute approximate surface area is 178 Å². The molecule has 1 aliphatic carbocycles. The summed E-state index contributed by atoms with van der Waals surface area (Å²) >= 11 is 0. The Morgan fingerprint density at radius 1 is 1.22 bits per heavy atom. The molecule has 1 amide bonds. The van der Waals surface area contributed by atoms with Crippen molar-refractivity contribution in [2.75, 3.05) is 0 Å². The largest absolute Gasteiger partial charge is 0.346 e. The highest BCUT2D eigenvalue weighted by Gasteiger charge is 2.34. The Morgan fingerprint density at radius 2 is 1.94 bits per heavy atom. The van der Waals surface area contributed by atoms with Crippen molar-refractivity contribution in [3.05, 3.63) is 74.2 Å². The van der Waals surface area contributed by atoms with Gasteiger partial charge in [-0.2, -0.15) is 0 Å². The van der Waals surface area contributed by atoms with Crippen LogP contribution >= 0.6 is 0 Å². The van der Waals surface area contributed by atoms with Gasteiger partial charge in [0.25, 0.3) is 5.56 Å². The number of hydrogen-bond donors (Lipinski definition) is 2. The van der Waals surface area contributed by atoms with Gasteiger partial charge in [-0.25, -0.2) is 26.9 Å². The first-order valence-electron chi connectivity index (χ1n) is 9.91. The maximum atomic E-state index is 14.3. The molecule has 1 aromatic carbocycles. The van der Waals surface area contributed by atoms with Crippen LogP contribution in [0, 0.1) is 29.2 Å². The molecule has 0 radical (unpaired) electrons. The number of aromatic nitrogens is 3. The molecule has 2 aromatic heterocycles. The quantitative estimate of drug-likeness (QED) is 0.565. The van der Waals surface area contributed by atoms with E-state index < -0.39 is 57.9 Å². The van der Waals surface area contributed by atoms with Gasteiger partial charge in [0.2, 0.25) is 5.91 Å². The first-order valence-corrected chi connectivity index (χ1v) is 9.91. The fourth-order valence-electron chi connectivity index (χ4n) is 3.66. The maximum absolute atomic E-state index is 14.3. The molecule has 32 heavy (non-hydrogen) atoms. The number of nitrogens with zero attached hydrogens (tertiary/aromatic N) is 2. The maximum Gasteiger partial charge on any atom is 0.329 e. The van der Waals surface area contributed by atoms with Crippen molar-refractivity contribution in [3.63, 3.8) is 0 Å². The van der Waals surface area contributed by atoms with Gasteiger partial charge in [0.1, 0.15) is 23.1 Å². The van der Waals surface area contributed by atoms with E-state index in [2.05, 4.69) is 15.3 Å². The Bertz CT molecular complexity index is 1330. The number of benzene rings is 1. The van der Waals surface area contributed by atoms with E-state index in [1.54, 1.807) is 0 Å². The summed E-state index contributed by atoms with van der Waals surface area (Å²) in [7, 11) is 0. The third kappa shape index (κ3) is 4.02. The van der Waals surface area contributed by atoms with Crippen molar-refractivity contribution in [1.82, 2.24) is 19.9 Å². The Balaban J connectivity index is 1.75. The van der Waals surface area contributed by atoms with Gasteiger partial charge in [0, 0.05) is 6.07 Å². The van der Waals surface area contributed by atoms with Gasteiger partial charge in [-0.05, 0) is 31.4 Å². The number of H-pyrrole nitrogens is 1. The zero-order valence-electron chi connectivity index (χ0n) is 16.8. The van der Waals surface area contributed by atoms with Crippen LogP contribution in [-0.4, -0.2) is 20.4 Å². The van der Waals surface area contributed by atoms with E-state index in [9.17, 15) is 31.9 Å². The van der Waals surface area contributed by atoms with Crippen molar-refractivity contribution in [2.24, 2.45) is 5.92 Å². The van der Waals surface area contributed by atoms with Crippen LogP contribution in [0.2, 0.25) is 0 Å². The fourth-order valence-corrected chi connectivity index (χ4v) is 3.66. The molecule has 1 aliphatic rings. The summed E-state index contributed by atoms with van der Waals surface area (Å²) < 4.78 is 55.8. The molecule has 168 valence electrons. The van der Waals surface area contributed by atoms with E-state index >= 15 is 0 Å². The minimum absolute atomic E-state index is 0.0566. The van der Waals surface area contributed by atoms with Crippen LogP contribution in [0.25, 0.3) is 10.9 Å². The number of aromatic amines is 1. The smallest absolute Gasteiger partial charge is 0.329 e. The molecule has 2 N–H and O–H groups in total. The molecular weight excluding hydrogens is 432 g/mol. The van der Waals surface area contributed by atoms with Gasteiger partial charge < -0.3 is 10.3 Å².